The van der Waals surface area contributed by atoms with Gasteiger partial charge in [-0.25, -0.2) is 9.78 Å². The normalized spacial score (nSPS) is 10.6. The molecule has 2 amide bonds. The van der Waals surface area contributed by atoms with Gasteiger partial charge in [-0.1, -0.05) is 13.8 Å². The Bertz CT molecular complexity index is 432. The van der Waals surface area contributed by atoms with Crippen molar-refractivity contribution >= 4 is 17.5 Å². The number of urea groups is 1. The van der Waals surface area contributed by atoms with Crippen molar-refractivity contribution in [2.24, 2.45) is 5.92 Å². The van der Waals surface area contributed by atoms with E-state index in [1.165, 1.54) is 0 Å². The second kappa shape index (κ2) is 8.46. The van der Waals surface area contributed by atoms with Crippen LogP contribution < -0.4 is 10.2 Å². The van der Waals surface area contributed by atoms with Gasteiger partial charge in [0.05, 0.1) is 18.5 Å². The van der Waals surface area contributed by atoms with Crippen LogP contribution in [0.5, 0.6) is 0 Å². The van der Waals surface area contributed by atoms with Crippen LogP contribution in [-0.2, 0) is 4.74 Å². The van der Waals surface area contributed by atoms with Crippen molar-refractivity contribution in [1.29, 1.82) is 0 Å². The molecule has 1 aromatic rings. The molecule has 0 aliphatic heterocycles. The first-order chi connectivity index (χ1) is 9.93. The van der Waals surface area contributed by atoms with E-state index in [4.69, 9.17) is 4.74 Å². The van der Waals surface area contributed by atoms with E-state index in [0.717, 1.165) is 5.82 Å². The topological polar surface area (TPSA) is 57.7 Å². The zero-order chi connectivity index (χ0) is 15.8. The number of ether oxygens (including phenoxy) is 1. The largest absolute Gasteiger partial charge is 0.383 e. The highest BCUT2D eigenvalue weighted by Crippen LogP contribution is 2.12. The molecule has 0 spiro atoms. The Morgan fingerprint density at radius 3 is 2.57 bits per heavy atom. The molecule has 0 bridgehead atoms. The summed E-state index contributed by atoms with van der Waals surface area (Å²) in [5, 5.41) is 2.87. The Balaban J connectivity index is 2.66. The summed E-state index contributed by atoms with van der Waals surface area (Å²) in [6.45, 7) is 5.96. The molecule has 21 heavy (non-hydrogen) atoms. The molecule has 1 N–H and O–H groups in total. The van der Waals surface area contributed by atoms with Gasteiger partial charge in [0.2, 0.25) is 0 Å². The highest BCUT2D eigenvalue weighted by Gasteiger charge is 2.15. The van der Waals surface area contributed by atoms with Crippen molar-refractivity contribution in [3.05, 3.63) is 18.3 Å². The minimum Gasteiger partial charge on any atom is -0.383 e. The van der Waals surface area contributed by atoms with Crippen LogP contribution in [-0.4, -0.2) is 56.8 Å². The van der Waals surface area contributed by atoms with Gasteiger partial charge in [0.15, 0.2) is 0 Å². The van der Waals surface area contributed by atoms with E-state index >= 15 is 0 Å². The number of carbonyl (C=O) groups is 1. The van der Waals surface area contributed by atoms with Gasteiger partial charge in [-0.15, -0.1) is 0 Å². The van der Waals surface area contributed by atoms with Crippen molar-refractivity contribution in [2.75, 3.05) is 51.1 Å². The molecule has 6 nitrogen and oxygen atoms in total. The second-order valence-electron chi connectivity index (χ2n) is 5.56. The lowest BCUT2D eigenvalue weighted by atomic mass is 10.2. The number of methoxy groups -OCH3 is 1. The van der Waals surface area contributed by atoms with Crippen LogP contribution in [0.15, 0.2) is 18.3 Å². The van der Waals surface area contributed by atoms with Crippen LogP contribution >= 0.6 is 0 Å². The average molecular weight is 294 g/mol. The first-order valence-corrected chi connectivity index (χ1v) is 7.12. The Hall–Kier alpha value is -1.82. The number of aromatic nitrogens is 1. The maximum atomic E-state index is 12.3. The molecule has 0 saturated carbocycles. The summed E-state index contributed by atoms with van der Waals surface area (Å²) in [4.78, 5) is 20.2. The number of hydrogen-bond acceptors (Lipinski definition) is 4. The summed E-state index contributed by atoms with van der Waals surface area (Å²) in [6.07, 6.45) is 1.66. The molecule has 0 aliphatic carbocycles. The first kappa shape index (κ1) is 17.2. The number of hydrogen-bond donors (Lipinski definition) is 1. The molecular weight excluding hydrogens is 268 g/mol. The summed E-state index contributed by atoms with van der Waals surface area (Å²) in [5.74, 6) is 1.26. The Morgan fingerprint density at radius 2 is 2.10 bits per heavy atom. The molecule has 1 heterocycles. The van der Waals surface area contributed by atoms with Gasteiger partial charge in [-0.3, -0.25) is 0 Å². The Labute approximate surface area is 127 Å². The van der Waals surface area contributed by atoms with Crippen molar-refractivity contribution in [1.82, 2.24) is 9.88 Å². The molecule has 0 atom stereocenters. The Morgan fingerprint density at radius 1 is 1.38 bits per heavy atom. The lowest BCUT2D eigenvalue weighted by Crippen LogP contribution is -2.39. The van der Waals surface area contributed by atoms with E-state index in [1.54, 1.807) is 18.2 Å². The van der Waals surface area contributed by atoms with Crippen LogP contribution in [0.4, 0.5) is 16.3 Å². The summed E-state index contributed by atoms with van der Waals surface area (Å²) in [6, 6.07) is 3.60. The molecule has 0 aromatic carbocycles. The minimum absolute atomic E-state index is 0.125. The third-order valence-electron chi connectivity index (χ3n) is 2.90. The van der Waals surface area contributed by atoms with E-state index in [-0.39, 0.29) is 6.03 Å². The summed E-state index contributed by atoms with van der Waals surface area (Å²) < 4.78 is 5.06. The molecular formula is C15H26N4O2. The molecule has 1 rings (SSSR count). The number of amides is 2. The van der Waals surface area contributed by atoms with Gasteiger partial charge in [-0.05, 0) is 18.1 Å². The fraction of sp³-hybridized carbons (Fsp3) is 0.600. The maximum absolute atomic E-state index is 12.3. The number of nitrogens with one attached hydrogen (secondary N) is 1. The van der Waals surface area contributed by atoms with Crippen molar-refractivity contribution in [2.45, 2.75) is 13.8 Å². The van der Waals surface area contributed by atoms with Crippen molar-refractivity contribution in [3.63, 3.8) is 0 Å². The quantitative estimate of drug-likeness (QED) is 0.838. The zero-order valence-corrected chi connectivity index (χ0v) is 13.6. The lowest BCUT2D eigenvalue weighted by molar-refractivity contribution is 0.150. The van der Waals surface area contributed by atoms with Gasteiger partial charge >= 0.3 is 6.03 Å². The minimum atomic E-state index is -0.125. The SMILES string of the molecule is COCCN(CC(C)C)C(=O)Nc1ccc(N(C)C)nc1. The van der Waals surface area contributed by atoms with Crippen LogP contribution in [0.3, 0.4) is 0 Å². The smallest absolute Gasteiger partial charge is 0.321 e. The third-order valence-corrected chi connectivity index (χ3v) is 2.90. The number of carbonyl (C=O) groups excluding carboxylic acids is 1. The number of nitrogens with zero attached hydrogens (tertiary/aromatic N) is 3. The fourth-order valence-corrected chi connectivity index (χ4v) is 1.85. The highest BCUT2D eigenvalue weighted by molar-refractivity contribution is 5.89. The highest BCUT2D eigenvalue weighted by atomic mass is 16.5. The van der Waals surface area contributed by atoms with E-state index in [1.807, 2.05) is 31.1 Å². The fourth-order valence-electron chi connectivity index (χ4n) is 1.85. The number of pyridine rings is 1. The first-order valence-electron chi connectivity index (χ1n) is 7.12. The van der Waals surface area contributed by atoms with Crippen LogP contribution in [0.25, 0.3) is 0 Å². The number of rotatable bonds is 7. The monoisotopic (exact) mass is 294 g/mol. The van der Waals surface area contributed by atoms with Gasteiger partial charge in [0.1, 0.15) is 5.82 Å². The summed E-state index contributed by atoms with van der Waals surface area (Å²) in [5.41, 5.74) is 0.691. The van der Waals surface area contributed by atoms with Gasteiger partial charge in [0, 0.05) is 34.3 Å². The predicted octanol–water partition coefficient (Wildman–Crippen LogP) is 2.28. The zero-order valence-electron chi connectivity index (χ0n) is 13.6. The van der Waals surface area contributed by atoms with Gasteiger partial charge in [0.25, 0.3) is 0 Å². The summed E-state index contributed by atoms with van der Waals surface area (Å²) >= 11 is 0. The molecule has 1 aromatic heterocycles. The standard InChI is InChI=1S/C15H26N4O2/c1-12(2)11-19(8-9-21-5)15(20)17-13-6-7-14(16-10-13)18(3)4/h6-7,10,12H,8-9,11H2,1-5H3,(H,17,20). The van der Waals surface area contributed by atoms with E-state index in [0.29, 0.717) is 31.3 Å². The summed E-state index contributed by atoms with van der Waals surface area (Å²) in [7, 11) is 5.49. The van der Waals surface area contributed by atoms with E-state index in [9.17, 15) is 4.79 Å². The molecule has 0 radical (unpaired) electrons. The average Bonchev–Trinajstić information content (AvgIpc) is 2.43. The van der Waals surface area contributed by atoms with Gasteiger partial charge < -0.3 is 19.9 Å². The molecule has 0 fully saturated rings. The molecule has 6 heteroatoms. The van der Waals surface area contributed by atoms with Crippen LogP contribution in [0.2, 0.25) is 0 Å². The maximum Gasteiger partial charge on any atom is 0.321 e. The van der Waals surface area contributed by atoms with Crippen molar-refractivity contribution in [3.8, 4) is 0 Å². The lowest BCUT2D eigenvalue weighted by Gasteiger charge is -2.24. The second-order valence-corrected chi connectivity index (χ2v) is 5.56. The van der Waals surface area contributed by atoms with E-state index in [2.05, 4.69) is 24.1 Å². The van der Waals surface area contributed by atoms with Crippen LogP contribution in [0, 0.1) is 5.92 Å². The Kier molecular flexibility index (Phi) is 6.94. The molecule has 118 valence electrons. The number of anilines is 2. The van der Waals surface area contributed by atoms with Crippen LogP contribution in [0.1, 0.15) is 13.8 Å². The molecule has 0 saturated heterocycles. The third kappa shape index (κ3) is 5.99. The molecule has 0 unspecified atom stereocenters. The van der Waals surface area contributed by atoms with Crippen molar-refractivity contribution < 1.29 is 9.53 Å². The van der Waals surface area contributed by atoms with E-state index < -0.39 is 0 Å². The van der Waals surface area contributed by atoms with Gasteiger partial charge in [-0.2, -0.15) is 0 Å². The predicted molar refractivity (Wildman–Crippen MR) is 85.9 cm³/mol. The molecule has 0 aliphatic rings.